The SMILES string of the molecule is Cc1cc(Cl)ccc1OCCCC(=O)NC1CC(C)(C)NC(C)(C)C1. The lowest BCUT2D eigenvalue weighted by Gasteiger charge is -2.46. The van der Waals surface area contributed by atoms with Crippen molar-refractivity contribution in [2.24, 2.45) is 0 Å². The third kappa shape index (κ3) is 6.52. The van der Waals surface area contributed by atoms with Gasteiger partial charge in [0.2, 0.25) is 5.91 Å². The number of halogens is 1. The number of aryl methyl sites for hydroxylation is 1. The first kappa shape index (κ1) is 20.1. The molecule has 1 aliphatic rings. The Hall–Kier alpha value is -1.26. The van der Waals surface area contributed by atoms with E-state index in [1.54, 1.807) is 0 Å². The maximum Gasteiger partial charge on any atom is 0.220 e. The number of rotatable bonds is 6. The van der Waals surface area contributed by atoms with Crippen molar-refractivity contribution >= 4 is 17.5 Å². The smallest absolute Gasteiger partial charge is 0.220 e. The van der Waals surface area contributed by atoms with Crippen LogP contribution >= 0.6 is 11.6 Å². The maximum absolute atomic E-state index is 12.3. The van der Waals surface area contributed by atoms with Crippen molar-refractivity contribution in [1.82, 2.24) is 10.6 Å². The molecule has 5 heteroatoms. The molecule has 1 heterocycles. The summed E-state index contributed by atoms with van der Waals surface area (Å²) in [6.07, 6.45) is 3.08. The molecule has 0 unspecified atom stereocenters. The second kappa shape index (κ2) is 7.96. The van der Waals surface area contributed by atoms with Crippen LogP contribution in [0.15, 0.2) is 18.2 Å². The molecule has 2 rings (SSSR count). The monoisotopic (exact) mass is 366 g/mol. The molecule has 0 atom stereocenters. The minimum atomic E-state index is 0.0366. The molecule has 25 heavy (non-hydrogen) atoms. The summed E-state index contributed by atoms with van der Waals surface area (Å²) in [5.41, 5.74) is 1.08. The van der Waals surface area contributed by atoms with Crippen LogP contribution in [0.1, 0.15) is 58.9 Å². The lowest BCUT2D eigenvalue weighted by molar-refractivity contribution is -0.122. The molecular weight excluding hydrogens is 336 g/mol. The van der Waals surface area contributed by atoms with Gasteiger partial charge in [-0.05, 0) is 77.6 Å². The van der Waals surface area contributed by atoms with E-state index in [2.05, 4.69) is 38.3 Å². The van der Waals surface area contributed by atoms with Crippen LogP contribution < -0.4 is 15.4 Å². The van der Waals surface area contributed by atoms with E-state index in [0.29, 0.717) is 24.5 Å². The number of hydrogen-bond donors (Lipinski definition) is 2. The molecule has 1 fully saturated rings. The highest BCUT2D eigenvalue weighted by molar-refractivity contribution is 6.30. The van der Waals surface area contributed by atoms with Crippen molar-refractivity contribution < 1.29 is 9.53 Å². The molecule has 140 valence electrons. The van der Waals surface area contributed by atoms with Crippen molar-refractivity contribution in [1.29, 1.82) is 0 Å². The third-order valence-electron chi connectivity index (χ3n) is 4.50. The van der Waals surface area contributed by atoms with Crippen molar-refractivity contribution in [2.75, 3.05) is 6.61 Å². The minimum absolute atomic E-state index is 0.0366. The van der Waals surface area contributed by atoms with E-state index in [4.69, 9.17) is 16.3 Å². The first-order valence-corrected chi connectivity index (χ1v) is 9.42. The average molecular weight is 367 g/mol. The average Bonchev–Trinajstić information content (AvgIpc) is 2.41. The fourth-order valence-corrected chi connectivity index (χ4v) is 4.14. The van der Waals surface area contributed by atoms with Crippen LogP contribution in [-0.4, -0.2) is 29.6 Å². The Morgan fingerprint density at radius 3 is 2.52 bits per heavy atom. The quantitative estimate of drug-likeness (QED) is 0.740. The summed E-state index contributed by atoms with van der Waals surface area (Å²) in [5, 5.41) is 7.54. The van der Waals surface area contributed by atoms with Gasteiger partial charge in [-0.2, -0.15) is 0 Å². The molecule has 1 aromatic rings. The molecule has 1 amide bonds. The topological polar surface area (TPSA) is 50.4 Å². The highest BCUT2D eigenvalue weighted by Crippen LogP contribution is 2.28. The van der Waals surface area contributed by atoms with E-state index in [-0.39, 0.29) is 23.0 Å². The summed E-state index contributed by atoms with van der Waals surface area (Å²) in [5.74, 6) is 0.932. The van der Waals surface area contributed by atoms with Crippen molar-refractivity contribution in [2.45, 2.75) is 77.4 Å². The molecule has 2 N–H and O–H groups in total. The maximum atomic E-state index is 12.3. The summed E-state index contributed by atoms with van der Waals surface area (Å²) < 4.78 is 5.75. The summed E-state index contributed by atoms with van der Waals surface area (Å²) in [6.45, 7) is 11.3. The largest absolute Gasteiger partial charge is 0.493 e. The highest BCUT2D eigenvalue weighted by atomic mass is 35.5. The summed E-state index contributed by atoms with van der Waals surface area (Å²) in [4.78, 5) is 12.3. The van der Waals surface area contributed by atoms with Gasteiger partial charge in [-0.15, -0.1) is 0 Å². The summed E-state index contributed by atoms with van der Waals surface area (Å²) >= 11 is 5.94. The molecule has 4 nitrogen and oxygen atoms in total. The van der Waals surface area contributed by atoms with Gasteiger partial charge < -0.3 is 15.4 Å². The fraction of sp³-hybridized carbons (Fsp3) is 0.650. The van der Waals surface area contributed by atoms with Gasteiger partial charge in [-0.3, -0.25) is 4.79 Å². The number of carbonyl (C=O) groups is 1. The third-order valence-corrected chi connectivity index (χ3v) is 4.73. The van der Waals surface area contributed by atoms with E-state index in [1.807, 2.05) is 25.1 Å². The van der Waals surface area contributed by atoms with E-state index < -0.39 is 0 Å². The van der Waals surface area contributed by atoms with Gasteiger partial charge in [0.1, 0.15) is 5.75 Å². The van der Waals surface area contributed by atoms with Gasteiger partial charge >= 0.3 is 0 Å². The van der Waals surface area contributed by atoms with Crippen molar-refractivity contribution in [3.05, 3.63) is 28.8 Å². The van der Waals surface area contributed by atoms with E-state index >= 15 is 0 Å². The zero-order chi connectivity index (χ0) is 18.7. The molecule has 0 spiro atoms. The zero-order valence-corrected chi connectivity index (χ0v) is 16.8. The Labute approximate surface area is 156 Å². The van der Waals surface area contributed by atoms with Crippen LogP contribution in [-0.2, 0) is 4.79 Å². The molecular formula is C20H31ClN2O2. The number of hydrogen-bond acceptors (Lipinski definition) is 3. The molecule has 1 saturated heterocycles. The Morgan fingerprint density at radius 1 is 1.28 bits per heavy atom. The van der Waals surface area contributed by atoms with Crippen LogP contribution in [0, 0.1) is 6.92 Å². The van der Waals surface area contributed by atoms with E-state index in [1.165, 1.54) is 0 Å². The number of carbonyl (C=O) groups excluding carboxylic acids is 1. The Kier molecular flexibility index (Phi) is 6.39. The molecule has 0 aliphatic carbocycles. The van der Waals surface area contributed by atoms with Crippen LogP contribution in [0.5, 0.6) is 5.75 Å². The van der Waals surface area contributed by atoms with Crippen molar-refractivity contribution in [3.8, 4) is 5.75 Å². The molecule has 0 aromatic heterocycles. The van der Waals surface area contributed by atoms with Crippen LogP contribution in [0.4, 0.5) is 0 Å². The van der Waals surface area contributed by atoms with Crippen LogP contribution in [0.3, 0.4) is 0 Å². The molecule has 0 bridgehead atoms. The predicted molar refractivity (Wildman–Crippen MR) is 103 cm³/mol. The van der Waals surface area contributed by atoms with Crippen molar-refractivity contribution in [3.63, 3.8) is 0 Å². The van der Waals surface area contributed by atoms with Crippen LogP contribution in [0.25, 0.3) is 0 Å². The lowest BCUT2D eigenvalue weighted by atomic mass is 9.79. The first-order chi connectivity index (χ1) is 11.6. The van der Waals surface area contributed by atoms with Gasteiger partial charge in [0.05, 0.1) is 6.61 Å². The zero-order valence-electron chi connectivity index (χ0n) is 16.0. The standard InChI is InChI=1S/C20H31ClN2O2/c1-14-11-15(21)8-9-17(14)25-10-6-7-18(24)22-16-12-19(2,3)23-20(4,5)13-16/h8-9,11,16,23H,6-7,10,12-13H2,1-5H3,(H,22,24). The second-order valence-electron chi connectivity index (χ2n) is 8.43. The molecule has 1 aromatic carbocycles. The Balaban J connectivity index is 1.73. The second-order valence-corrected chi connectivity index (χ2v) is 8.86. The first-order valence-electron chi connectivity index (χ1n) is 9.04. The van der Waals surface area contributed by atoms with Gasteiger partial charge in [-0.25, -0.2) is 0 Å². The summed E-state index contributed by atoms with van der Waals surface area (Å²) in [7, 11) is 0. The Morgan fingerprint density at radius 2 is 1.92 bits per heavy atom. The summed E-state index contributed by atoms with van der Waals surface area (Å²) in [6, 6.07) is 5.79. The van der Waals surface area contributed by atoms with Gasteiger partial charge in [-0.1, -0.05) is 11.6 Å². The predicted octanol–water partition coefficient (Wildman–Crippen LogP) is 4.23. The van der Waals surface area contributed by atoms with E-state index in [0.717, 1.165) is 24.2 Å². The normalized spacial score (nSPS) is 19.4. The van der Waals surface area contributed by atoms with Gasteiger partial charge in [0, 0.05) is 28.6 Å². The lowest BCUT2D eigenvalue weighted by Crippen LogP contribution is -2.62. The van der Waals surface area contributed by atoms with Crippen LogP contribution in [0.2, 0.25) is 5.02 Å². The van der Waals surface area contributed by atoms with E-state index in [9.17, 15) is 4.79 Å². The number of piperidine rings is 1. The number of nitrogens with one attached hydrogen (secondary N) is 2. The minimum Gasteiger partial charge on any atom is -0.493 e. The number of benzene rings is 1. The number of ether oxygens (including phenoxy) is 1. The van der Waals surface area contributed by atoms with Gasteiger partial charge in [0.15, 0.2) is 0 Å². The number of amides is 1. The Bertz CT molecular complexity index is 598. The molecule has 0 saturated carbocycles. The highest BCUT2D eigenvalue weighted by Gasteiger charge is 2.37. The molecule has 0 radical (unpaired) electrons. The van der Waals surface area contributed by atoms with Gasteiger partial charge in [0.25, 0.3) is 0 Å². The molecule has 1 aliphatic heterocycles. The fourth-order valence-electron chi connectivity index (χ4n) is 3.91.